The zero-order valence-corrected chi connectivity index (χ0v) is 36.1. The van der Waals surface area contributed by atoms with Gasteiger partial charge in [-0.25, -0.2) is 18.4 Å². The van der Waals surface area contributed by atoms with E-state index in [2.05, 4.69) is 10.6 Å². The van der Waals surface area contributed by atoms with Crippen LogP contribution in [-0.4, -0.2) is 144 Å². The van der Waals surface area contributed by atoms with E-state index < -0.39 is 12.2 Å². The van der Waals surface area contributed by atoms with Gasteiger partial charge in [0.25, 0.3) is 0 Å². The Bertz CT molecular complexity index is 1530. The Hall–Kier alpha value is -2.63. The maximum absolute atomic E-state index is 14.5. The minimum atomic E-state index is -0.472. The van der Waals surface area contributed by atoms with E-state index in [0.717, 1.165) is 14.2 Å². The van der Waals surface area contributed by atoms with Crippen LogP contribution >= 0.6 is 36.2 Å². The first-order valence-electron chi connectivity index (χ1n) is 16.8. The number of aliphatic hydroxyl groups excluding tert-OH is 1. The van der Waals surface area contributed by atoms with Crippen LogP contribution in [0.3, 0.4) is 0 Å². The monoisotopic (exact) mass is 842 g/mol. The molecule has 4 heterocycles. The SMILES string of the molecule is CC(=S)NC[C@H]1CN(c2ccc(N3CCOCC3)c(F)c2)C(=O)O1.CO.CSC(=S)NC[C@H]1CN(c2ccc(N3CCOCC3)c(F)c2)C(=O)O1.C[O-].O.[Na+]. The molecule has 2 atom stereocenters. The Morgan fingerprint density at radius 2 is 1.18 bits per heavy atom. The van der Waals surface area contributed by atoms with Crippen molar-refractivity contribution in [2.45, 2.75) is 19.1 Å². The van der Waals surface area contributed by atoms with Gasteiger partial charge in [0.2, 0.25) is 0 Å². The molecule has 6 rings (SSSR count). The van der Waals surface area contributed by atoms with Gasteiger partial charge in [-0.05, 0) is 49.6 Å². The number of hydrogen-bond donors (Lipinski definition) is 3. The van der Waals surface area contributed by atoms with Gasteiger partial charge >= 0.3 is 41.7 Å². The normalized spacial score (nSPS) is 18.7. The summed E-state index contributed by atoms with van der Waals surface area (Å²) in [6, 6.07) is 9.67. The van der Waals surface area contributed by atoms with Crippen molar-refractivity contribution in [1.82, 2.24) is 10.6 Å². The molecular weight excluding hydrogens is 794 g/mol. The van der Waals surface area contributed by atoms with Crippen LogP contribution in [0.15, 0.2) is 36.4 Å². The molecule has 15 nitrogen and oxygen atoms in total. The summed E-state index contributed by atoms with van der Waals surface area (Å²) in [4.78, 5) is 31.5. The number of nitrogens with one attached hydrogen (secondary N) is 2. The van der Waals surface area contributed by atoms with Crippen LogP contribution in [0.1, 0.15) is 6.92 Å². The largest absolute Gasteiger partial charge is 1.00 e. The fourth-order valence-electron chi connectivity index (χ4n) is 5.65. The first kappa shape index (κ1) is 50.4. The van der Waals surface area contributed by atoms with Crippen molar-refractivity contribution in [3.05, 3.63) is 48.0 Å². The number of cyclic esters (lactones) is 2. The Balaban J connectivity index is 0.000000489. The number of nitrogens with zero attached hydrogens (tertiary/aromatic N) is 4. The molecule has 5 N–H and O–H groups in total. The van der Waals surface area contributed by atoms with E-state index in [4.69, 9.17) is 53.6 Å². The Labute approximate surface area is 357 Å². The topological polar surface area (TPSA) is 183 Å². The number of benzene rings is 2. The van der Waals surface area contributed by atoms with Crippen LogP contribution in [0.5, 0.6) is 0 Å². The molecule has 0 spiro atoms. The third-order valence-corrected chi connectivity index (χ3v) is 9.48. The van der Waals surface area contributed by atoms with Gasteiger partial charge in [-0.15, -0.1) is 11.8 Å². The van der Waals surface area contributed by atoms with Crippen molar-refractivity contribution < 1.29 is 82.6 Å². The molecule has 55 heavy (non-hydrogen) atoms. The van der Waals surface area contributed by atoms with Gasteiger partial charge in [-0.3, -0.25) is 9.80 Å². The molecule has 302 valence electrons. The number of carbonyl (C=O) groups excluding carboxylic acids is 2. The quantitative estimate of drug-likeness (QED) is 0.215. The Kier molecular flexibility index (Phi) is 24.1. The number of rotatable bonds is 8. The van der Waals surface area contributed by atoms with Crippen LogP contribution in [0.4, 0.5) is 41.1 Å². The van der Waals surface area contributed by atoms with Crippen LogP contribution in [-0.2, 0) is 18.9 Å². The summed E-state index contributed by atoms with van der Waals surface area (Å²) in [5.74, 6) is -0.698. The van der Waals surface area contributed by atoms with E-state index in [1.165, 1.54) is 33.7 Å². The van der Waals surface area contributed by atoms with E-state index in [1.54, 1.807) is 31.2 Å². The Morgan fingerprint density at radius 3 is 1.53 bits per heavy atom. The number of thioether (sulfide) groups is 1. The summed E-state index contributed by atoms with van der Waals surface area (Å²) >= 11 is 11.4. The third kappa shape index (κ3) is 15.0. The number of carbonyl (C=O) groups is 2. The smallest absolute Gasteiger partial charge is 0.857 e. The molecule has 4 aliphatic heterocycles. The molecule has 4 fully saturated rings. The number of aliphatic hydroxyl groups is 1. The number of amides is 2. The zero-order valence-electron chi connectivity index (χ0n) is 31.7. The number of halogens is 2. The number of thiocarbonyl (C=S) groups is 2. The predicted octanol–water partition coefficient (Wildman–Crippen LogP) is -1.09. The van der Waals surface area contributed by atoms with E-state index in [9.17, 15) is 18.4 Å². The van der Waals surface area contributed by atoms with Crippen molar-refractivity contribution in [3.63, 3.8) is 0 Å². The number of morpholine rings is 2. The molecule has 0 unspecified atom stereocenters. The summed E-state index contributed by atoms with van der Waals surface area (Å²) < 4.78 is 50.8. The van der Waals surface area contributed by atoms with E-state index in [0.29, 0.717) is 111 Å². The molecule has 0 aromatic heterocycles. The van der Waals surface area contributed by atoms with Gasteiger partial charge in [0.15, 0.2) is 0 Å². The molecule has 2 aromatic carbocycles. The van der Waals surface area contributed by atoms with Crippen molar-refractivity contribution in [3.8, 4) is 0 Å². The van der Waals surface area contributed by atoms with Gasteiger partial charge in [0, 0.05) is 33.3 Å². The first-order chi connectivity index (χ1) is 25.6. The van der Waals surface area contributed by atoms with E-state index in [1.807, 2.05) is 16.1 Å². The number of anilines is 4. The summed E-state index contributed by atoms with van der Waals surface area (Å²) in [5.41, 5.74) is 2.05. The van der Waals surface area contributed by atoms with Crippen molar-refractivity contribution in [2.24, 2.45) is 0 Å². The summed E-state index contributed by atoms with van der Waals surface area (Å²) in [5, 5.41) is 21.3. The van der Waals surface area contributed by atoms with Crippen molar-refractivity contribution >= 4 is 80.4 Å². The molecule has 0 bridgehead atoms. The number of hydrogen-bond acceptors (Lipinski definition) is 13. The molecule has 4 aliphatic rings. The minimum absolute atomic E-state index is 0. The maximum atomic E-state index is 14.5. The average molecular weight is 843 g/mol. The molecule has 2 amide bonds. The van der Waals surface area contributed by atoms with E-state index >= 15 is 0 Å². The van der Waals surface area contributed by atoms with Gasteiger partial charge in [0.05, 0.1) is 80.3 Å². The van der Waals surface area contributed by atoms with Crippen LogP contribution in [0.25, 0.3) is 0 Å². The molecular formula is C34H49F2N6NaO9S3. The fourth-order valence-corrected chi connectivity index (χ4v) is 6.05. The average Bonchev–Trinajstić information content (AvgIpc) is 3.76. The van der Waals surface area contributed by atoms with Gasteiger partial charge in [-0.2, -0.15) is 7.11 Å². The van der Waals surface area contributed by atoms with Crippen LogP contribution < -0.4 is 64.9 Å². The van der Waals surface area contributed by atoms with Crippen molar-refractivity contribution in [2.75, 3.05) is 119 Å². The second kappa shape index (κ2) is 26.3. The van der Waals surface area contributed by atoms with Crippen LogP contribution in [0.2, 0.25) is 0 Å². The second-order valence-electron chi connectivity index (χ2n) is 11.5. The second-order valence-corrected chi connectivity index (χ2v) is 13.6. The van der Waals surface area contributed by atoms with Crippen LogP contribution in [0, 0.1) is 11.6 Å². The molecule has 0 radical (unpaired) electrons. The van der Waals surface area contributed by atoms with Gasteiger partial charge in [-0.1, -0.05) is 24.4 Å². The predicted molar refractivity (Wildman–Crippen MR) is 212 cm³/mol. The fraction of sp³-hybridized carbons (Fsp3) is 0.529. The molecule has 4 saturated heterocycles. The third-order valence-electron chi connectivity index (χ3n) is 8.18. The molecule has 2 aromatic rings. The Morgan fingerprint density at radius 1 is 0.800 bits per heavy atom. The summed E-state index contributed by atoms with van der Waals surface area (Å²) in [6.07, 6.45) is 0.306. The van der Waals surface area contributed by atoms with E-state index in [-0.39, 0.29) is 58.9 Å². The van der Waals surface area contributed by atoms with Gasteiger partial charge < -0.3 is 55.1 Å². The standard InChI is InChI=1S/C16H20FN3O3S2.C16H20FN3O3S.CH4O.CH3O.Na.H2O/c1-25-15(24)18-9-12-10-20(16(21)23-12)11-2-3-14(13(17)8-11)19-4-6-22-7-5-19;1-11(24)18-9-13-10-20(16(21)23-13)12-2-3-15(14(17)8-12)19-4-6-22-7-5-19;2*1-2;;/h2-3,8,12H,4-7,9-10H2,1H3,(H,18,24);2-3,8,13H,4-7,9-10H2,1H3,(H,18,24);2H,1H3;1H3;;1H2/q;;;-1;+1;/t12-;13-;;;;/m00..../s1. The first-order valence-corrected chi connectivity index (χ1v) is 18.8. The van der Waals surface area contributed by atoms with Crippen molar-refractivity contribution in [1.29, 1.82) is 0 Å². The minimum Gasteiger partial charge on any atom is -0.857 e. The summed E-state index contributed by atoms with van der Waals surface area (Å²) in [6.45, 7) is 8.38. The molecule has 21 heteroatoms. The van der Waals surface area contributed by atoms with Gasteiger partial charge in [0.1, 0.15) is 28.2 Å². The summed E-state index contributed by atoms with van der Waals surface area (Å²) in [7, 11) is 1.75. The maximum Gasteiger partial charge on any atom is 1.00 e. The molecule has 0 aliphatic carbocycles. The number of ether oxygens (including phenoxy) is 4. The molecule has 0 saturated carbocycles. The zero-order chi connectivity index (χ0) is 38.9.